The molecule has 0 aromatic carbocycles. The van der Waals surface area contributed by atoms with E-state index in [0.29, 0.717) is 0 Å². The zero-order chi connectivity index (χ0) is 8.23. The molecule has 1 aliphatic rings. The maximum atomic E-state index is 4.09. The predicted octanol–water partition coefficient (Wildman–Crippen LogP) is 1.46. The third-order valence-electron chi connectivity index (χ3n) is 2.06. The topological polar surface area (TPSA) is 24.9 Å². The van der Waals surface area contributed by atoms with Crippen molar-refractivity contribution in [2.45, 2.75) is 6.42 Å². The van der Waals surface area contributed by atoms with Crippen molar-refractivity contribution in [3.05, 3.63) is 36.2 Å². The van der Waals surface area contributed by atoms with Crippen molar-refractivity contribution < 1.29 is 0 Å². The van der Waals surface area contributed by atoms with Crippen LogP contribution in [0, 0.1) is 0 Å². The quantitative estimate of drug-likeness (QED) is 0.672. The fraction of sp³-hybridized carbons (Fsp3) is 0.300. The fourth-order valence-corrected chi connectivity index (χ4v) is 1.42. The summed E-state index contributed by atoms with van der Waals surface area (Å²) >= 11 is 0. The molecule has 0 saturated carbocycles. The van der Waals surface area contributed by atoms with Crippen LogP contribution in [-0.4, -0.2) is 18.1 Å². The molecule has 1 aromatic heterocycles. The van der Waals surface area contributed by atoms with Crippen molar-refractivity contribution in [3.8, 4) is 0 Å². The second kappa shape index (κ2) is 3.50. The van der Waals surface area contributed by atoms with Gasteiger partial charge in [0.2, 0.25) is 0 Å². The van der Waals surface area contributed by atoms with Gasteiger partial charge >= 0.3 is 0 Å². The van der Waals surface area contributed by atoms with E-state index in [-0.39, 0.29) is 0 Å². The van der Waals surface area contributed by atoms with Gasteiger partial charge in [-0.25, -0.2) is 0 Å². The van der Waals surface area contributed by atoms with Gasteiger partial charge in [0.15, 0.2) is 0 Å². The molecule has 2 nitrogen and oxygen atoms in total. The van der Waals surface area contributed by atoms with Crippen LogP contribution in [0.1, 0.15) is 12.0 Å². The Bertz CT molecular complexity index is 277. The van der Waals surface area contributed by atoms with E-state index in [1.165, 1.54) is 11.1 Å². The second-order valence-corrected chi connectivity index (χ2v) is 2.94. The molecular formula is C10H12N2. The Kier molecular flexibility index (Phi) is 2.19. The van der Waals surface area contributed by atoms with Crippen molar-refractivity contribution in [2.24, 2.45) is 0 Å². The van der Waals surface area contributed by atoms with E-state index in [4.69, 9.17) is 0 Å². The highest BCUT2D eigenvalue weighted by Crippen LogP contribution is 2.14. The lowest BCUT2D eigenvalue weighted by molar-refractivity contribution is 0.739. The third kappa shape index (κ3) is 1.53. The van der Waals surface area contributed by atoms with Gasteiger partial charge in [-0.3, -0.25) is 4.98 Å². The van der Waals surface area contributed by atoms with Gasteiger partial charge in [-0.05, 0) is 30.2 Å². The smallest absolute Gasteiger partial charge is 0.0343 e. The molecule has 2 heteroatoms. The number of pyridine rings is 1. The van der Waals surface area contributed by atoms with Crippen molar-refractivity contribution in [1.82, 2.24) is 10.3 Å². The van der Waals surface area contributed by atoms with Crippen molar-refractivity contribution >= 4 is 5.57 Å². The minimum absolute atomic E-state index is 0.978. The van der Waals surface area contributed by atoms with Gasteiger partial charge in [-0.2, -0.15) is 0 Å². The SMILES string of the molecule is C1=C(c2cccnc2)CNCC1. The lowest BCUT2D eigenvalue weighted by Crippen LogP contribution is -2.21. The molecule has 0 radical (unpaired) electrons. The molecule has 1 aromatic rings. The first kappa shape index (κ1) is 7.50. The van der Waals surface area contributed by atoms with Crippen LogP contribution in [0.25, 0.3) is 5.57 Å². The summed E-state index contributed by atoms with van der Waals surface area (Å²) in [5.41, 5.74) is 2.61. The summed E-state index contributed by atoms with van der Waals surface area (Å²) in [5, 5.41) is 3.34. The minimum atomic E-state index is 0.978. The van der Waals surface area contributed by atoms with Crippen LogP contribution < -0.4 is 5.32 Å². The second-order valence-electron chi connectivity index (χ2n) is 2.94. The Balaban J connectivity index is 2.24. The van der Waals surface area contributed by atoms with E-state index < -0.39 is 0 Å². The molecule has 0 bridgehead atoms. The van der Waals surface area contributed by atoms with Crippen LogP contribution in [0.2, 0.25) is 0 Å². The number of rotatable bonds is 1. The summed E-state index contributed by atoms with van der Waals surface area (Å²) in [7, 11) is 0. The van der Waals surface area contributed by atoms with Crippen LogP contribution in [0.3, 0.4) is 0 Å². The Hall–Kier alpha value is -1.15. The minimum Gasteiger partial charge on any atom is -0.312 e. The van der Waals surface area contributed by atoms with Crippen LogP contribution >= 0.6 is 0 Å². The Morgan fingerprint density at radius 2 is 2.42 bits per heavy atom. The van der Waals surface area contributed by atoms with Crippen molar-refractivity contribution in [1.29, 1.82) is 0 Å². The summed E-state index contributed by atoms with van der Waals surface area (Å²) in [5.74, 6) is 0. The van der Waals surface area contributed by atoms with Crippen LogP contribution in [0.4, 0.5) is 0 Å². The molecule has 0 spiro atoms. The van der Waals surface area contributed by atoms with Gasteiger partial charge in [0.05, 0.1) is 0 Å². The normalized spacial score (nSPS) is 17.2. The first-order valence-electron chi connectivity index (χ1n) is 4.27. The predicted molar refractivity (Wildman–Crippen MR) is 49.7 cm³/mol. The number of aromatic nitrogens is 1. The summed E-state index contributed by atoms with van der Waals surface area (Å²) in [6.07, 6.45) is 7.14. The molecule has 2 heterocycles. The molecule has 0 aliphatic carbocycles. The molecule has 0 fully saturated rings. The molecule has 12 heavy (non-hydrogen) atoms. The molecule has 62 valence electrons. The van der Waals surface area contributed by atoms with Gasteiger partial charge in [-0.15, -0.1) is 0 Å². The van der Waals surface area contributed by atoms with E-state index in [9.17, 15) is 0 Å². The zero-order valence-corrected chi connectivity index (χ0v) is 6.96. The van der Waals surface area contributed by atoms with Crippen LogP contribution in [-0.2, 0) is 0 Å². The van der Waals surface area contributed by atoms with Crippen molar-refractivity contribution in [3.63, 3.8) is 0 Å². The number of hydrogen-bond donors (Lipinski definition) is 1. The monoisotopic (exact) mass is 160 g/mol. The first-order chi connectivity index (χ1) is 5.97. The van der Waals surface area contributed by atoms with Gasteiger partial charge in [0, 0.05) is 18.9 Å². The lowest BCUT2D eigenvalue weighted by atomic mass is 10.0. The van der Waals surface area contributed by atoms with Crippen LogP contribution in [0.15, 0.2) is 30.6 Å². The molecule has 2 rings (SSSR count). The molecule has 1 aliphatic heterocycles. The molecule has 0 amide bonds. The summed E-state index contributed by atoms with van der Waals surface area (Å²) in [6.45, 7) is 2.08. The Morgan fingerprint density at radius 1 is 1.42 bits per heavy atom. The van der Waals surface area contributed by atoms with Gasteiger partial charge in [0.1, 0.15) is 0 Å². The third-order valence-corrected chi connectivity index (χ3v) is 2.06. The molecule has 0 unspecified atom stereocenters. The van der Waals surface area contributed by atoms with Crippen molar-refractivity contribution in [2.75, 3.05) is 13.1 Å². The highest BCUT2D eigenvalue weighted by molar-refractivity contribution is 5.66. The standard InChI is InChI=1S/C10H12N2/c1-3-9(7-11-5-1)10-4-2-6-12-8-10/h1,3-5,7,12H,2,6,8H2. The largest absolute Gasteiger partial charge is 0.312 e. The molecule has 1 N–H and O–H groups in total. The highest BCUT2D eigenvalue weighted by Gasteiger charge is 2.03. The molecule has 0 saturated heterocycles. The number of hydrogen-bond acceptors (Lipinski definition) is 2. The average molecular weight is 160 g/mol. The average Bonchev–Trinajstić information content (AvgIpc) is 2.21. The van der Waals surface area contributed by atoms with Gasteiger partial charge in [-0.1, -0.05) is 12.1 Å². The van der Waals surface area contributed by atoms with Crippen LogP contribution in [0.5, 0.6) is 0 Å². The number of nitrogens with zero attached hydrogens (tertiary/aromatic N) is 1. The van der Waals surface area contributed by atoms with E-state index in [1.54, 1.807) is 6.20 Å². The maximum Gasteiger partial charge on any atom is 0.0343 e. The zero-order valence-electron chi connectivity index (χ0n) is 6.96. The fourth-order valence-electron chi connectivity index (χ4n) is 1.42. The number of nitrogens with one attached hydrogen (secondary N) is 1. The summed E-state index contributed by atoms with van der Waals surface area (Å²) < 4.78 is 0. The van der Waals surface area contributed by atoms with E-state index in [1.807, 2.05) is 12.3 Å². The van der Waals surface area contributed by atoms with E-state index in [2.05, 4.69) is 22.4 Å². The summed E-state index contributed by atoms with van der Waals surface area (Å²) in [4.78, 5) is 4.09. The maximum absolute atomic E-state index is 4.09. The van der Waals surface area contributed by atoms with Gasteiger partial charge in [0.25, 0.3) is 0 Å². The van der Waals surface area contributed by atoms with E-state index >= 15 is 0 Å². The highest BCUT2D eigenvalue weighted by atomic mass is 14.9. The Labute approximate surface area is 72.3 Å². The lowest BCUT2D eigenvalue weighted by Gasteiger charge is -2.13. The Morgan fingerprint density at radius 3 is 3.08 bits per heavy atom. The van der Waals surface area contributed by atoms with E-state index in [0.717, 1.165) is 19.5 Å². The molecular weight excluding hydrogens is 148 g/mol. The first-order valence-corrected chi connectivity index (χ1v) is 4.27. The van der Waals surface area contributed by atoms with Gasteiger partial charge < -0.3 is 5.32 Å². The molecule has 0 atom stereocenters. The summed E-state index contributed by atoms with van der Waals surface area (Å²) in [6, 6.07) is 4.08.